The van der Waals surface area contributed by atoms with Crippen LogP contribution in [0.2, 0.25) is 0 Å². The van der Waals surface area contributed by atoms with Gasteiger partial charge in [0.25, 0.3) is 0 Å². The number of unbranched alkanes of at least 4 members (excludes halogenated alkanes) is 10. The van der Waals surface area contributed by atoms with Gasteiger partial charge in [-0.15, -0.1) is 0 Å². The minimum absolute atomic E-state index is 0.366. The van der Waals surface area contributed by atoms with E-state index in [1.807, 2.05) is 0 Å². The highest BCUT2D eigenvalue weighted by Gasteiger charge is 2.14. The molecule has 21 heavy (non-hydrogen) atoms. The summed E-state index contributed by atoms with van der Waals surface area (Å²) in [5.41, 5.74) is 0. The molecule has 0 heterocycles. The van der Waals surface area contributed by atoms with Crippen molar-refractivity contribution >= 4 is 45.2 Å². The van der Waals surface area contributed by atoms with Crippen LogP contribution < -0.4 is 0 Å². The average molecular weight is 522 g/mol. The number of rotatable bonds is 16. The van der Waals surface area contributed by atoms with E-state index in [0.717, 1.165) is 14.3 Å². The van der Waals surface area contributed by atoms with Gasteiger partial charge in [-0.05, 0) is 19.3 Å². The molecule has 3 heteroatoms. The van der Waals surface area contributed by atoms with Crippen molar-refractivity contribution < 1.29 is 5.11 Å². The van der Waals surface area contributed by atoms with Crippen LogP contribution >= 0.6 is 45.2 Å². The molecule has 0 aliphatic carbocycles. The third-order valence-electron chi connectivity index (χ3n) is 4.11. The van der Waals surface area contributed by atoms with Gasteiger partial charge < -0.3 is 5.11 Å². The Morgan fingerprint density at radius 3 is 1.43 bits per heavy atom. The fourth-order valence-corrected chi connectivity index (χ4v) is 4.24. The van der Waals surface area contributed by atoms with Gasteiger partial charge in [-0.2, -0.15) is 0 Å². The van der Waals surface area contributed by atoms with Gasteiger partial charge in [-0.3, -0.25) is 0 Å². The Morgan fingerprint density at radius 2 is 1.00 bits per heavy atom. The van der Waals surface area contributed by atoms with Gasteiger partial charge in [0.2, 0.25) is 0 Å². The molecule has 0 radical (unpaired) electrons. The monoisotopic (exact) mass is 522 g/mol. The van der Waals surface area contributed by atoms with Crippen LogP contribution in [-0.2, 0) is 0 Å². The largest absolute Gasteiger partial charge is 0.396 e. The molecule has 0 aliphatic rings. The highest BCUT2D eigenvalue weighted by molar-refractivity contribution is 14.1. The molecule has 0 aromatic carbocycles. The third kappa shape index (κ3) is 16.1. The molecule has 1 nitrogen and oxygen atoms in total. The van der Waals surface area contributed by atoms with E-state index >= 15 is 0 Å². The third-order valence-corrected chi connectivity index (χ3v) is 8.47. The van der Waals surface area contributed by atoms with Crippen LogP contribution in [0.3, 0.4) is 0 Å². The van der Waals surface area contributed by atoms with Crippen LogP contribution in [0.25, 0.3) is 0 Å². The predicted octanol–water partition coefficient (Wildman–Crippen LogP) is 7.07. The van der Waals surface area contributed by atoms with Crippen LogP contribution in [-0.4, -0.2) is 19.6 Å². The van der Waals surface area contributed by atoms with E-state index < -0.39 is 0 Å². The molecule has 0 saturated heterocycles. The summed E-state index contributed by atoms with van der Waals surface area (Å²) in [5.74, 6) is 0. The lowest BCUT2D eigenvalue weighted by atomic mass is 10.0. The highest BCUT2D eigenvalue weighted by Crippen LogP contribution is 2.26. The Bertz CT molecular complexity index is 200. The lowest BCUT2D eigenvalue weighted by Gasteiger charge is -2.16. The van der Waals surface area contributed by atoms with E-state index in [-0.39, 0.29) is 0 Å². The van der Waals surface area contributed by atoms with Crippen molar-refractivity contribution in [1.82, 2.24) is 0 Å². The van der Waals surface area contributed by atoms with E-state index in [1.165, 1.54) is 83.5 Å². The van der Waals surface area contributed by atoms with Crippen molar-refractivity contribution in [3.8, 4) is 0 Å². The van der Waals surface area contributed by atoms with Gasteiger partial charge in [-0.1, -0.05) is 123 Å². The first kappa shape index (κ1) is 22.4. The minimum atomic E-state index is 0.366. The van der Waals surface area contributed by atoms with E-state index in [1.54, 1.807) is 0 Å². The van der Waals surface area contributed by atoms with E-state index in [4.69, 9.17) is 5.11 Å². The second kappa shape index (κ2) is 17.8. The molecule has 1 N–H and O–H groups in total. The quantitative estimate of drug-likeness (QED) is 0.131. The lowest BCUT2D eigenvalue weighted by molar-refractivity contribution is 0.282. The van der Waals surface area contributed by atoms with Gasteiger partial charge in [0.05, 0.1) is 0 Å². The summed E-state index contributed by atoms with van der Waals surface area (Å²) >= 11 is 5.36. The van der Waals surface area contributed by atoms with Crippen molar-refractivity contribution in [3.05, 3.63) is 0 Å². The van der Waals surface area contributed by atoms with E-state index in [2.05, 4.69) is 52.1 Å². The predicted molar refractivity (Wildman–Crippen MR) is 113 cm³/mol. The molecular weight excluding hydrogens is 486 g/mol. The summed E-state index contributed by atoms with van der Waals surface area (Å²) in [6, 6.07) is 0. The normalized spacial score (nSPS) is 14.3. The van der Waals surface area contributed by atoms with Gasteiger partial charge >= 0.3 is 0 Å². The summed E-state index contributed by atoms with van der Waals surface area (Å²) in [6.07, 6.45) is 18.9. The number of aliphatic hydroxyl groups is 1. The first-order chi connectivity index (χ1) is 10.2. The van der Waals surface area contributed by atoms with Crippen LogP contribution in [0.15, 0.2) is 0 Å². The van der Waals surface area contributed by atoms with E-state index in [0.29, 0.717) is 6.61 Å². The molecule has 0 amide bonds. The molecule has 0 aliphatic heterocycles. The van der Waals surface area contributed by atoms with Crippen LogP contribution in [0.1, 0.15) is 96.8 Å². The molecule has 128 valence electrons. The first-order valence-electron chi connectivity index (χ1n) is 9.11. The SMILES string of the molecule is CCCCCCCC[C@@H](I)[C@H](I)CCCCCCCCO. The zero-order chi connectivity index (χ0) is 15.8. The number of alkyl halides is 2. The minimum Gasteiger partial charge on any atom is -0.396 e. The Morgan fingerprint density at radius 1 is 0.619 bits per heavy atom. The Kier molecular flexibility index (Phi) is 19.0. The van der Waals surface area contributed by atoms with Gasteiger partial charge in [-0.25, -0.2) is 0 Å². The number of halogens is 2. The zero-order valence-corrected chi connectivity index (χ0v) is 18.3. The fourth-order valence-electron chi connectivity index (χ4n) is 2.64. The standard InChI is InChI=1S/C18H36I2O/c1-2-3-4-5-8-11-14-17(19)18(20)15-12-9-6-7-10-13-16-21/h17-18,21H,2-16H2,1H3/t17-,18-/m1/s1. The second-order valence-electron chi connectivity index (χ2n) is 6.22. The molecule has 0 rings (SSSR count). The molecule has 0 saturated carbocycles. The van der Waals surface area contributed by atoms with E-state index in [9.17, 15) is 0 Å². The maximum atomic E-state index is 8.73. The van der Waals surface area contributed by atoms with Gasteiger partial charge in [0, 0.05) is 14.5 Å². The lowest BCUT2D eigenvalue weighted by Crippen LogP contribution is -2.13. The van der Waals surface area contributed by atoms with Gasteiger partial charge in [0.1, 0.15) is 0 Å². The smallest absolute Gasteiger partial charge is 0.0431 e. The molecule has 0 aromatic heterocycles. The topological polar surface area (TPSA) is 20.2 Å². The number of hydrogen-bond donors (Lipinski definition) is 1. The molecule has 0 spiro atoms. The Labute approximate surface area is 160 Å². The Balaban J connectivity index is 3.34. The van der Waals surface area contributed by atoms with Crippen LogP contribution in [0, 0.1) is 0 Å². The summed E-state index contributed by atoms with van der Waals surface area (Å²) in [6.45, 7) is 2.65. The fraction of sp³-hybridized carbons (Fsp3) is 1.00. The maximum Gasteiger partial charge on any atom is 0.0431 e. The summed E-state index contributed by atoms with van der Waals surface area (Å²) < 4.78 is 1.72. The van der Waals surface area contributed by atoms with Gasteiger partial charge in [0.15, 0.2) is 0 Å². The molecule has 2 atom stereocenters. The molecular formula is C18H36I2O. The Hall–Kier alpha value is 1.42. The molecule has 0 unspecified atom stereocenters. The van der Waals surface area contributed by atoms with Crippen molar-refractivity contribution in [2.45, 2.75) is 105 Å². The maximum absolute atomic E-state index is 8.73. The number of hydrogen-bond acceptors (Lipinski definition) is 1. The highest BCUT2D eigenvalue weighted by atomic mass is 127. The molecule has 0 aromatic rings. The number of aliphatic hydroxyl groups excluding tert-OH is 1. The summed E-state index contributed by atoms with van der Waals surface area (Å²) in [4.78, 5) is 0. The van der Waals surface area contributed by atoms with Crippen molar-refractivity contribution in [2.75, 3.05) is 6.61 Å². The molecule has 0 fully saturated rings. The second-order valence-corrected chi connectivity index (χ2v) is 9.42. The molecule has 0 bridgehead atoms. The van der Waals surface area contributed by atoms with Crippen molar-refractivity contribution in [2.24, 2.45) is 0 Å². The van der Waals surface area contributed by atoms with Crippen molar-refractivity contribution in [1.29, 1.82) is 0 Å². The van der Waals surface area contributed by atoms with Crippen LogP contribution in [0.4, 0.5) is 0 Å². The summed E-state index contributed by atoms with van der Waals surface area (Å²) in [7, 11) is 0. The zero-order valence-electron chi connectivity index (χ0n) is 14.0. The van der Waals surface area contributed by atoms with Crippen LogP contribution in [0.5, 0.6) is 0 Å². The summed E-state index contributed by atoms with van der Waals surface area (Å²) in [5, 5.41) is 8.73. The van der Waals surface area contributed by atoms with Crippen molar-refractivity contribution in [3.63, 3.8) is 0 Å². The average Bonchev–Trinajstić information content (AvgIpc) is 2.49. The first-order valence-corrected chi connectivity index (χ1v) is 11.6.